The van der Waals surface area contributed by atoms with E-state index in [4.69, 9.17) is 4.74 Å². The summed E-state index contributed by atoms with van der Waals surface area (Å²) in [5.41, 5.74) is 0. The molecule has 0 saturated carbocycles. The van der Waals surface area contributed by atoms with Crippen LogP contribution in [0, 0.1) is 0 Å². The number of anilines is 1. The van der Waals surface area contributed by atoms with E-state index in [1.54, 1.807) is 11.0 Å². The molecule has 0 aromatic carbocycles. The maximum atomic E-state index is 5.54. The molecule has 3 rings (SSSR count). The van der Waals surface area contributed by atoms with Crippen molar-refractivity contribution >= 4 is 5.82 Å². The van der Waals surface area contributed by atoms with E-state index in [9.17, 15) is 0 Å². The van der Waals surface area contributed by atoms with Gasteiger partial charge in [-0.1, -0.05) is 0 Å². The van der Waals surface area contributed by atoms with Gasteiger partial charge in [0.1, 0.15) is 24.8 Å². The molecule has 1 aliphatic rings. The number of ether oxygens (including phenoxy) is 1. The first-order valence-corrected chi connectivity index (χ1v) is 5.94. The number of nitrogens with one attached hydrogen (secondary N) is 1. The molecule has 2 aromatic rings. The first-order valence-electron chi connectivity index (χ1n) is 5.94. The molecule has 1 saturated heterocycles. The molecule has 3 heterocycles. The summed E-state index contributed by atoms with van der Waals surface area (Å²) in [6, 6.07) is 1.84. The van der Waals surface area contributed by atoms with Crippen molar-refractivity contribution in [2.75, 3.05) is 18.5 Å². The Morgan fingerprint density at radius 2 is 2.39 bits per heavy atom. The summed E-state index contributed by atoms with van der Waals surface area (Å²) in [6.45, 7) is 1.63. The molecular formula is C11H14N6O. The van der Waals surface area contributed by atoms with Gasteiger partial charge in [-0.2, -0.15) is 5.10 Å². The van der Waals surface area contributed by atoms with Gasteiger partial charge >= 0.3 is 0 Å². The van der Waals surface area contributed by atoms with E-state index < -0.39 is 0 Å². The minimum absolute atomic E-state index is 0.287. The highest BCUT2D eigenvalue weighted by molar-refractivity contribution is 5.39. The molecule has 0 amide bonds. The fourth-order valence-corrected chi connectivity index (χ4v) is 1.92. The molecule has 7 heteroatoms. The van der Waals surface area contributed by atoms with E-state index in [0.717, 1.165) is 31.8 Å². The lowest BCUT2D eigenvalue weighted by atomic mass is 10.2. The van der Waals surface area contributed by atoms with Crippen molar-refractivity contribution in [3.05, 3.63) is 25.0 Å². The minimum atomic E-state index is 0.287. The highest BCUT2D eigenvalue weighted by Crippen LogP contribution is 2.13. The molecule has 1 fully saturated rings. The predicted molar refractivity (Wildman–Crippen MR) is 64.4 cm³/mol. The predicted octanol–water partition coefficient (Wildman–Crippen LogP) is 0.648. The summed E-state index contributed by atoms with van der Waals surface area (Å²) in [5, 5.41) is 7.28. The lowest BCUT2D eigenvalue weighted by Crippen LogP contribution is -2.19. The van der Waals surface area contributed by atoms with E-state index in [1.165, 1.54) is 12.7 Å². The Kier molecular flexibility index (Phi) is 3.14. The Labute approximate surface area is 104 Å². The van der Waals surface area contributed by atoms with Gasteiger partial charge in [0.15, 0.2) is 5.82 Å². The van der Waals surface area contributed by atoms with Gasteiger partial charge in [0.05, 0.1) is 6.10 Å². The van der Waals surface area contributed by atoms with Gasteiger partial charge in [-0.3, -0.25) is 0 Å². The van der Waals surface area contributed by atoms with Gasteiger partial charge in [-0.15, -0.1) is 0 Å². The van der Waals surface area contributed by atoms with Gasteiger partial charge in [0, 0.05) is 19.2 Å². The first kappa shape index (κ1) is 11.1. The minimum Gasteiger partial charge on any atom is -0.376 e. The van der Waals surface area contributed by atoms with E-state index in [1.807, 2.05) is 6.07 Å². The first-order chi connectivity index (χ1) is 8.92. The van der Waals surface area contributed by atoms with E-state index >= 15 is 0 Å². The number of nitrogens with zero attached hydrogens (tertiary/aromatic N) is 5. The fraction of sp³-hybridized carbons (Fsp3) is 0.455. The maximum absolute atomic E-state index is 5.54. The third-order valence-corrected chi connectivity index (χ3v) is 2.84. The zero-order valence-electron chi connectivity index (χ0n) is 9.86. The van der Waals surface area contributed by atoms with Crippen LogP contribution in [0.2, 0.25) is 0 Å². The van der Waals surface area contributed by atoms with Crippen molar-refractivity contribution in [2.24, 2.45) is 0 Å². The molecule has 1 aliphatic heterocycles. The molecule has 0 spiro atoms. The Morgan fingerprint density at radius 3 is 3.17 bits per heavy atom. The van der Waals surface area contributed by atoms with Crippen LogP contribution < -0.4 is 5.32 Å². The summed E-state index contributed by atoms with van der Waals surface area (Å²) in [7, 11) is 0. The van der Waals surface area contributed by atoms with Gasteiger partial charge in [0.25, 0.3) is 0 Å². The largest absolute Gasteiger partial charge is 0.376 e. The molecular weight excluding hydrogens is 232 g/mol. The van der Waals surface area contributed by atoms with Crippen LogP contribution in [0.1, 0.15) is 12.8 Å². The summed E-state index contributed by atoms with van der Waals surface area (Å²) < 4.78 is 7.14. The van der Waals surface area contributed by atoms with E-state index in [0.29, 0.717) is 5.82 Å². The fourth-order valence-electron chi connectivity index (χ4n) is 1.92. The SMILES string of the molecule is c1nc(NCC2CCCO2)cc(-n2cncn2)n1. The second kappa shape index (κ2) is 5.09. The third-order valence-electron chi connectivity index (χ3n) is 2.84. The quantitative estimate of drug-likeness (QED) is 0.853. The topological polar surface area (TPSA) is 77.8 Å². The van der Waals surface area contributed by atoms with Crippen molar-refractivity contribution < 1.29 is 4.74 Å². The van der Waals surface area contributed by atoms with Crippen molar-refractivity contribution in [2.45, 2.75) is 18.9 Å². The van der Waals surface area contributed by atoms with Gasteiger partial charge < -0.3 is 10.1 Å². The van der Waals surface area contributed by atoms with Crippen LogP contribution in [0.15, 0.2) is 25.0 Å². The van der Waals surface area contributed by atoms with Crippen molar-refractivity contribution in [1.29, 1.82) is 0 Å². The standard InChI is InChI=1S/C11H14N6O/c1-2-9(18-3-1)5-13-10-4-11(15-7-14-10)17-8-12-6-16-17/h4,6-9H,1-3,5H2,(H,13,14,15). The maximum Gasteiger partial charge on any atom is 0.160 e. The van der Waals surface area contributed by atoms with Crippen LogP contribution in [0.5, 0.6) is 0 Å². The number of aromatic nitrogens is 5. The van der Waals surface area contributed by atoms with Crippen LogP contribution in [0.4, 0.5) is 5.82 Å². The molecule has 94 valence electrons. The normalized spacial score (nSPS) is 19.0. The Balaban J connectivity index is 1.67. The number of hydrogen-bond acceptors (Lipinski definition) is 6. The zero-order chi connectivity index (χ0) is 12.2. The summed E-state index contributed by atoms with van der Waals surface area (Å²) in [4.78, 5) is 12.2. The zero-order valence-corrected chi connectivity index (χ0v) is 9.86. The Morgan fingerprint density at radius 1 is 1.39 bits per heavy atom. The smallest absolute Gasteiger partial charge is 0.160 e. The molecule has 0 aliphatic carbocycles. The van der Waals surface area contributed by atoms with E-state index in [2.05, 4.69) is 25.4 Å². The van der Waals surface area contributed by atoms with Gasteiger partial charge in [0.2, 0.25) is 0 Å². The third kappa shape index (κ3) is 2.45. The van der Waals surface area contributed by atoms with Crippen LogP contribution >= 0.6 is 0 Å². The van der Waals surface area contributed by atoms with E-state index in [-0.39, 0.29) is 6.10 Å². The molecule has 1 N–H and O–H groups in total. The Hall–Kier alpha value is -2.02. The van der Waals surface area contributed by atoms with Gasteiger partial charge in [-0.25, -0.2) is 19.6 Å². The monoisotopic (exact) mass is 246 g/mol. The molecule has 1 unspecified atom stereocenters. The summed E-state index contributed by atoms with van der Waals surface area (Å²) in [6.07, 6.45) is 7.12. The van der Waals surface area contributed by atoms with Crippen LogP contribution in [0.3, 0.4) is 0 Å². The lowest BCUT2D eigenvalue weighted by Gasteiger charge is -2.11. The van der Waals surface area contributed by atoms with Crippen molar-refractivity contribution in [1.82, 2.24) is 24.7 Å². The lowest BCUT2D eigenvalue weighted by molar-refractivity contribution is 0.120. The molecule has 1 atom stereocenters. The van der Waals surface area contributed by atoms with Crippen molar-refractivity contribution in [3.63, 3.8) is 0 Å². The Bertz CT molecular complexity index is 494. The van der Waals surface area contributed by atoms with Gasteiger partial charge in [-0.05, 0) is 12.8 Å². The summed E-state index contributed by atoms with van der Waals surface area (Å²) in [5.74, 6) is 1.46. The second-order valence-electron chi connectivity index (χ2n) is 4.12. The molecule has 18 heavy (non-hydrogen) atoms. The number of hydrogen-bond donors (Lipinski definition) is 1. The average molecular weight is 246 g/mol. The molecule has 0 bridgehead atoms. The highest BCUT2D eigenvalue weighted by Gasteiger charge is 2.15. The highest BCUT2D eigenvalue weighted by atomic mass is 16.5. The molecule has 7 nitrogen and oxygen atoms in total. The van der Waals surface area contributed by atoms with Crippen molar-refractivity contribution in [3.8, 4) is 5.82 Å². The molecule has 0 radical (unpaired) electrons. The average Bonchev–Trinajstić information content (AvgIpc) is 3.10. The number of rotatable bonds is 4. The second-order valence-corrected chi connectivity index (χ2v) is 4.12. The molecule has 2 aromatic heterocycles. The van der Waals surface area contributed by atoms with Crippen LogP contribution in [-0.4, -0.2) is 44.0 Å². The van der Waals surface area contributed by atoms with Crippen LogP contribution in [-0.2, 0) is 4.74 Å². The van der Waals surface area contributed by atoms with Crippen LogP contribution in [0.25, 0.3) is 5.82 Å². The summed E-state index contributed by atoms with van der Waals surface area (Å²) >= 11 is 0.